The molecule has 0 bridgehead atoms. The van der Waals surface area contributed by atoms with Crippen molar-refractivity contribution in [3.8, 4) is 0 Å². The Labute approximate surface area is 201 Å². The highest BCUT2D eigenvalue weighted by Gasteiger charge is 2.29. The van der Waals surface area contributed by atoms with Gasteiger partial charge in [-0.3, -0.25) is 10.2 Å². The van der Waals surface area contributed by atoms with E-state index in [1.807, 2.05) is 47.6 Å². The number of hydrogen-bond donors (Lipinski definition) is 1. The molecule has 0 spiro atoms. The fourth-order valence-electron chi connectivity index (χ4n) is 4.71. The van der Waals surface area contributed by atoms with Gasteiger partial charge in [0.25, 0.3) is 0 Å². The molecule has 0 atom stereocenters. The molecule has 0 aliphatic carbocycles. The molecule has 5 rings (SSSR count). The molecule has 2 aliphatic rings. The molecule has 0 saturated carbocycles. The van der Waals surface area contributed by atoms with E-state index in [0.29, 0.717) is 12.0 Å². The van der Waals surface area contributed by atoms with E-state index in [1.165, 1.54) is 0 Å². The average molecular weight is 507 g/mol. The van der Waals surface area contributed by atoms with Crippen molar-refractivity contribution in [1.82, 2.24) is 14.5 Å². The van der Waals surface area contributed by atoms with Crippen molar-refractivity contribution in [1.29, 1.82) is 5.41 Å². The van der Waals surface area contributed by atoms with Crippen LogP contribution in [0.2, 0.25) is 0 Å². The first-order valence-corrected chi connectivity index (χ1v) is 12.2. The maximum absolute atomic E-state index is 12.4. The Morgan fingerprint density at radius 1 is 1.24 bits per heavy atom. The fourth-order valence-corrected chi connectivity index (χ4v) is 5.34. The van der Waals surface area contributed by atoms with Crippen LogP contribution in [0.4, 0.5) is 0 Å². The molecule has 33 heavy (non-hydrogen) atoms. The van der Waals surface area contributed by atoms with Crippen LogP contribution in [0.1, 0.15) is 49.7 Å². The van der Waals surface area contributed by atoms with Gasteiger partial charge in [-0.15, -0.1) is 0 Å². The fraction of sp³-hybridized carbons (Fsp3) is 0.346. The first kappa shape index (κ1) is 21.9. The molecule has 1 fully saturated rings. The van der Waals surface area contributed by atoms with Crippen molar-refractivity contribution in [2.24, 2.45) is 5.92 Å². The lowest BCUT2D eigenvalue weighted by molar-refractivity contribution is -0.135. The number of nitrogens with one attached hydrogen (secondary N) is 1. The predicted octanol–water partition coefficient (Wildman–Crippen LogP) is 5.23. The highest BCUT2D eigenvalue weighted by atomic mass is 79.9. The van der Waals surface area contributed by atoms with Gasteiger partial charge in [0.15, 0.2) is 0 Å². The van der Waals surface area contributed by atoms with Gasteiger partial charge in [-0.1, -0.05) is 44.2 Å². The summed E-state index contributed by atoms with van der Waals surface area (Å²) in [7, 11) is 0. The average Bonchev–Trinajstić information content (AvgIpc) is 3.19. The molecule has 7 heteroatoms. The zero-order chi connectivity index (χ0) is 23.1. The minimum absolute atomic E-state index is 0.0156. The Kier molecular flexibility index (Phi) is 5.83. The van der Waals surface area contributed by atoms with Crippen LogP contribution in [-0.4, -0.2) is 33.4 Å². The SMILES string of the molecule is CC(C)C(=O)N1CCC(c2nc3n(c(=N)c2Br)CC=CC=C3c2ccc3ccoc3c2)CC1. The van der Waals surface area contributed by atoms with Gasteiger partial charge in [0.1, 0.15) is 16.9 Å². The first-order valence-electron chi connectivity index (χ1n) is 11.4. The quantitative estimate of drug-likeness (QED) is 0.527. The Morgan fingerprint density at radius 2 is 2.03 bits per heavy atom. The van der Waals surface area contributed by atoms with Gasteiger partial charge in [0.2, 0.25) is 5.91 Å². The van der Waals surface area contributed by atoms with Gasteiger partial charge >= 0.3 is 0 Å². The van der Waals surface area contributed by atoms with Crippen LogP contribution in [0.25, 0.3) is 16.5 Å². The van der Waals surface area contributed by atoms with Crippen molar-refractivity contribution < 1.29 is 9.21 Å². The number of carbonyl (C=O) groups excluding carboxylic acids is 1. The van der Waals surface area contributed by atoms with Gasteiger partial charge < -0.3 is 13.9 Å². The summed E-state index contributed by atoms with van der Waals surface area (Å²) in [5.74, 6) is 1.22. The van der Waals surface area contributed by atoms with E-state index in [-0.39, 0.29) is 17.7 Å². The molecule has 4 heterocycles. The van der Waals surface area contributed by atoms with Gasteiger partial charge in [-0.25, -0.2) is 4.98 Å². The number of rotatable bonds is 3. The van der Waals surface area contributed by atoms with Crippen LogP contribution in [-0.2, 0) is 11.3 Å². The van der Waals surface area contributed by atoms with E-state index in [4.69, 9.17) is 14.8 Å². The molecule has 1 aromatic carbocycles. The highest BCUT2D eigenvalue weighted by molar-refractivity contribution is 9.10. The van der Waals surface area contributed by atoms with Crippen molar-refractivity contribution in [3.05, 3.63) is 75.8 Å². The van der Waals surface area contributed by atoms with Crippen LogP contribution in [0.3, 0.4) is 0 Å². The number of nitrogens with zero attached hydrogens (tertiary/aromatic N) is 3. The second-order valence-electron chi connectivity index (χ2n) is 9.03. The Morgan fingerprint density at radius 3 is 2.79 bits per heavy atom. The molecule has 3 aromatic rings. The minimum Gasteiger partial charge on any atom is -0.464 e. The normalized spacial score (nSPS) is 16.7. The molecule has 1 N–H and O–H groups in total. The molecule has 6 nitrogen and oxygen atoms in total. The molecule has 0 radical (unpaired) electrons. The summed E-state index contributed by atoms with van der Waals surface area (Å²) in [6.07, 6.45) is 9.54. The molecule has 1 amide bonds. The van der Waals surface area contributed by atoms with Gasteiger partial charge in [-0.05, 0) is 46.5 Å². The molecule has 0 unspecified atom stereocenters. The molecular formula is C26H27BrN4O2. The number of piperidine rings is 1. The number of likely N-dealkylation sites (tertiary alicyclic amines) is 1. The van der Waals surface area contributed by atoms with Crippen LogP contribution in [0.15, 0.2) is 57.6 Å². The number of furan rings is 1. The third kappa shape index (κ3) is 3.99. The Balaban J connectivity index is 1.53. The summed E-state index contributed by atoms with van der Waals surface area (Å²) in [6.45, 7) is 5.94. The number of amides is 1. The van der Waals surface area contributed by atoms with E-state index in [2.05, 4.69) is 34.1 Å². The summed E-state index contributed by atoms with van der Waals surface area (Å²) in [5.41, 5.74) is 4.15. The smallest absolute Gasteiger partial charge is 0.225 e. The summed E-state index contributed by atoms with van der Waals surface area (Å²) >= 11 is 3.68. The van der Waals surface area contributed by atoms with Crippen LogP contribution < -0.4 is 5.49 Å². The number of halogens is 1. The number of hydrogen-bond acceptors (Lipinski definition) is 4. The van der Waals surface area contributed by atoms with Crippen molar-refractivity contribution in [2.75, 3.05) is 13.1 Å². The monoisotopic (exact) mass is 506 g/mol. The second kappa shape index (κ2) is 8.78. The Hall–Kier alpha value is -2.93. The standard InChI is InChI=1S/C26H27BrN4O2/c1-16(2)26(32)30-12-8-18(9-13-30)23-22(27)24(28)31-11-4-3-5-20(25(31)29-23)19-7-6-17-10-14-33-21(17)15-19/h3-7,10,14-16,18,28H,8-9,11-13H2,1-2H3. The van der Waals surface area contributed by atoms with Crippen LogP contribution in [0, 0.1) is 11.3 Å². The summed E-state index contributed by atoms with van der Waals surface area (Å²) in [6, 6.07) is 8.12. The number of aromatic nitrogens is 2. The number of allylic oxidation sites excluding steroid dienone is 3. The summed E-state index contributed by atoms with van der Waals surface area (Å²) < 4.78 is 8.31. The molecule has 2 aromatic heterocycles. The van der Waals surface area contributed by atoms with Gasteiger partial charge in [0.05, 0.1) is 16.4 Å². The molecule has 1 saturated heterocycles. The van der Waals surface area contributed by atoms with Crippen LogP contribution >= 0.6 is 15.9 Å². The zero-order valence-electron chi connectivity index (χ0n) is 18.8. The lowest BCUT2D eigenvalue weighted by atomic mass is 9.92. The van der Waals surface area contributed by atoms with Crippen molar-refractivity contribution >= 4 is 38.4 Å². The van der Waals surface area contributed by atoms with Gasteiger partial charge in [-0.2, -0.15) is 0 Å². The minimum atomic E-state index is 0.0156. The number of fused-ring (bicyclic) bond motifs is 2. The third-order valence-electron chi connectivity index (χ3n) is 6.57. The molecule has 170 valence electrons. The lowest BCUT2D eigenvalue weighted by Gasteiger charge is -2.33. The highest BCUT2D eigenvalue weighted by Crippen LogP contribution is 2.33. The Bertz CT molecular complexity index is 1340. The molecule has 2 aliphatic heterocycles. The zero-order valence-corrected chi connectivity index (χ0v) is 20.4. The maximum Gasteiger partial charge on any atom is 0.225 e. The van der Waals surface area contributed by atoms with E-state index in [0.717, 1.165) is 64.0 Å². The van der Waals surface area contributed by atoms with Gasteiger partial charge in [0, 0.05) is 42.4 Å². The van der Waals surface area contributed by atoms with E-state index < -0.39 is 0 Å². The first-order chi connectivity index (χ1) is 15.9. The van der Waals surface area contributed by atoms with E-state index in [1.54, 1.807) is 6.26 Å². The largest absolute Gasteiger partial charge is 0.464 e. The second-order valence-corrected chi connectivity index (χ2v) is 9.82. The van der Waals surface area contributed by atoms with Crippen molar-refractivity contribution in [2.45, 2.75) is 39.2 Å². The lowest BCUT2D eigenvalue weighted by Crippen LogP contribution is -2.40. The number of benzene rings is 1. The third-order valence-corrected chi connectivity index (χ3v) is 7.35. The van der Waals surface area contributed by atoms with E-state index in [9.17, 15) is 4.79 Å². The summed E-state index contributed by atoms with van der Waals surface area (Å²) in [5, 5.41) is 9.94. The number of carbonyl (C=O) groups is 1. The predicted molar refractivity (Wildman–Crippen MR) is 132 cm³/mol. The maximum atomic E-state index is 12.4. The molecular weight excluding hydrogens is 480 g/mol. The summed E-state index contributed by atoms with van der Waals surface area (Å²) in [4.78, 5) is 19.5. The van der Waals surface area contributed by atoms with E-state index >= 15 is 0 Å². The van der Waals surface area contributed by atoms with Crippen LogP contribution in [0.5, 0.6) is 0 Å². The van der Waals surface area contributed by atoms with Crippen molar-refractivity contribution in [3.63, 3.8) is 0 Å². The topological polar surface area (TPSA) is 75.1 Å².